The molecule has 0 fully saturated rings. The van der Waals surface area contributed by atoms with Crippen molar-refractivity contribution in [3.05, 3.63) is 52.1 Å². The summed E-state index contributed by atoms with van der Waals surface area (Å²) in [5.74, 6) is -0.530. The molecular weight excluding hydrogens is 354 g/mol. The van der Waals surface area contributed by atoms with Crippen LogP contribution in [0.4, 0.5) is 17.1 Å². The number of hydrogen-bond acceptors (Lipinski definition) is 6. The first-order valence-corrected chi connectivity index (χ1v) is 8.01. The number of nitrogens with one attached hydrogen (secondary N) is 2. The van der Waals surface area contributed by atoms with Crippen molar-refractivity contribution in [3.8, 4) is 11.5 Å². The van der Waals surface area contributed by atoms with E-state index < -0.39 is 16.5 Å². The first-order chi connectivity index (χ1) is 12.9. The molecule has 2 amide bonds. The molecule has 0 unspecified atom stereocenters. The molecule has 0 radical (unpaired) electrons. The van der Waals surface area contributed by atoms with Crippen LogP contribution in [0.25, 0.3) is 0 Å². The summed E-state index contributed by atoms with van der Waals surface area (Å²) in [7, 11) is 2.71. The Morgan fingerprint density at radius 2 is 1.63 bits per heavy atom. The van der Waals surface area contributed by atoms with Gasteiger partial charge in [0.05, 0.1) is 25.2 Å². The minimum Gasteiger partial charge on any atom is -0.493 e. The minimum atomic E-state index is -0.693. The zero-order valence-electron chi connectivity index (χ0n) is 15.1. The average Bonchev–Trinajstić information content (AvgIpc) is 2.66. The van der Waals surface area contributed by atoms with Gasteiger partial charge in [0.2, 0.25) is 5.91 Å². The van der Waals surface area contributed by atoms with E-state index in [1.165, 1.54) is 20.3 Å². The van der Waals surface area contributed by atoms with Crippen LogP contribution in [0.5, 0.6) is 11.5 Å². The number of methoxy groups -OCH3 is 2. The SMILES string of the molecule is CCC(=O)Nc1cccc(NC(=O)c2cc(OC)c(OC)cc2[N+](=O)[O-])c1. The molecule has 0 aliphatic heterocycles. The number of carbonyl (C=O) groups excluding carboxylic acids is 2. The van der Waals surface area contributed by atoms with Gasteiger partial charge in [0.25, 0.3) is 11.6 Å². The van der Waals surface area contributed by atoms with E-state index in [2.05, 4.69) is 10.6 Å². The van der Waals surface area contributed by atoms with E-state index >= 15 is 0 Å². The topological polar surface area (TPSA) is 120 Å². The normalized spacial score (nSPS) is 10.0. The van der Waals surface area contributed by atoms with E-state index in [0.29, 0.717) is 17.8 Å². The van der Waals surface area contributed by atoms with Gasteiger partial charge in [0.1, 0.15) is 5.56 Å². The van der Waals surface area contributed by atoms with E-state index in [-0.39, 0.29) is 23.0 Å². The van der Waals surface area contributed by atoms with Crippen molar-refractivity contribution < 1.29 is 24.0 Å². The molecule has 2 rings (SSSR count). The van der Waals surface area contributed by atoms with Gasteiger partial charge in [-0.3, -0.25) is 19.7 Å². The average molecular weight is 373 g/mol. The molecule has 0 spiro atoms. The number of nitro benzene ring substituents is 1. The van der Waals surface area contributed by atoms with Crippen molar-refractivity contribution in [2.45, 2.75) is 13.3 Å². The molecule has 0 aromatic heterocycles. The van der Waals surface area contributed by atoms with Crippen molar-refractivity contribution >= 4 is 28.9 Å². The lowest BCUT2D eigenvalue weighted by Gasteiger charge is -2.11. The van der Waals surface area contributed by atoms with Crippen LogP contribution in [0.3, 0.4) is 0 Å². The Labute approximate surface area is 155 Å². The van der Waals surface area contributed by atoms with Crippen LogP contribution in [-0.2, 0) is 4.79 Å². The predicted octanol–water partition coefficient (Wildman–Crippen LogP) is 3.21. The monoisotopic (exact) mass is 373 g/mol. The van der Waals surface area contributed by atoms with Crippen molar-refractivity contribution in [1.82, 2.24) is 0 Å². The first-order valence-electron chi connectivity index (χ1n) is 8.01. The van der Waals surface area contributed by atoms with Gasteiger partial charge >= 0.3 is 0 Å². The summed E-state index contributed by atoms with van der Waals surface area (Å²) in [6.45, 7) is 1.72. The fourth-order valence-corrected chi connectivity index (χ4v) is 2.32. The van der Waals surface area contributed by atoms with E-state index in [1.54, 1.807) is 31.2 Å². The first kappa shape index (κ1) is 19.7. The number of ether oxygens (including phenoxy) is 2. The molecule has 27 heavy (non-hydrogen) atoms. The van der Waals surface area contributed by atoms with Crippen LogP contribution in [-0.4, -0.2) is 31.0 Å². The lowest BCUT2D eigenvalue weighted by Crippen LogP contribution is -2.15. The number of hydrogen-bond donors (Lipinski definition) is 2. The molecule has 0 saturated heterocycles. The van der Waals surface area contributed by atoms with E-state index in [9.17, 15) is 19.7 Å². The Hall–Kier alpha value is -3.62. The van der Waals surface area contributed by atoms with E-state index in [0.717, 1.165) is 6.07 Å². The maximum Gasteiger partial charge on any atom is 0.286 e. The third-order valence-corrected chi connectivity index (χ3v) is 3.67. The molecule has 0 aliphatic carbocycles. The highest BCUT2D eigenvalue weighted by molar-refractivity contribution is 6.08. The van der Waals surface area contributed by atoms with Crippen LogP contribution in [0.2, 0.25) is 0 Å². The Kier molecular flexibility index (Phi) is 6.32. The molecule has 0 bridgehead atoms. The molecule has 2 aromatic rings. The lowest BCUT2D eigenvalue weighted by molar-refractivity contribution is -0.385. The zero-order chi connectivity index (χ0) is 20.0. The summed E-state index contributed by atoms with van der Waals surface area (Å²) in [4.78, 5) is 34.7. The summed E-state index contributed by atoms with van der Waals surface area (Å²) in [5, 5.41) is 16.6. The van der Waals surface area contributed by atoms with Gasteiger partial charge in [-0.2, -0.15) is 0 Å². The smallest absolute Gasteiger partial charge is 0.286 e. The number of carbonyl (C=O) groups is 2. The highest BCUT2D eigenvalue weighted by Gasteiger charge is 2.24. The Bertz CT molecular complexity index is 881. The number of anilines is 2. The molecule has 0 atom stereocenters. The molecule has 2 N–H and O–H groups in total. The van der Waals surface area contributed by atoms with Crippen LogP contribution in [0.1, 0.15) is 23.7 Å². The number of amides is 2. The summed E-state index contributed by atoms with van der Waals surface area (Å²) in [6.07, 6.45) is 0.314. The Morgan fingerprint density at radius 1 is 1.04 bits per heavy atom. The number of nitrogens with zero attached hydrogens (tertiary/aromatic N) is 1. The maximum atomic E-state index is 12.6. The zero-order valence-corrected chi connectivity index (χ0v) is 15.1. The third kappa shape index (κ3) is 4.72. The van der Waals surface area contributed by atoms with Crippen LogP contribution in [0.15, 0.2) is 36.4 Å². The second kappa shape index (κ2) is 8.65. The lowest BCUT2D eigenvalue weighted by atomic mass is 10.1. The molecule has 0 heterocycles. The third-order valence-electron chi connectivity index (χ3n) is 3.67. The summed E-state index contributed by atoms with van der Waals surface area (Å²) >= 11 is 0. The predicted molar refractivity (Wildman–Crippen MR) is 99.5 cm³/mol. The highest BCUT2D eigenvalue weighted by atomic mass is 16.6. The van der Waals surface area contributed by atoms with Crippen molar-refractivity contribution in [3.63, 3.8) is 0 Å². The molecule has 9 nitrogen and oxygen atoms in total. The van der Waals surface area contributed by atoms with Crippen LogP contribution in [0, 0.1) is 10.1 Å². The molecule has 9 heteroatoms. The summed E-state index contributed by atoms with van der Waals surface area (Å²) < 4.78 is 10.2. The Balaban J connectivity index is 2.34. The van der Waals surface area contributed by atoms with E-state index in [4.69, 9.17) is 9.47 Å². The van der Waals surface area contributed by atoms with Gasteiger partial charge in [-0.05, 0) is 18.2 Å². The highest BCUT2D eigenvalue weighted by Crippen LogP contribution is 2.34. The largest absolute Gasteiger partial charge is 0.493 e. The summed E-state index contributed by atoms with van der Waals surface area (Å²) in [6, 6.07) is 8.84. The van der Waals surface area contributed by atoms with Crippen LogP contribution < -0.4 is 20.1 Å². The Morgan fingerprint density at radius 3 is 2.19 bits per heavy atom. The van der Waals surface area contributed by atoms with Crippen molar-refractivity contribution in [2.24, 2.45) is 0 Å². The summed E-state index contributed by atoms with van der Waals surface area (Å²) in [5.41, 5.74) is 0.278. The number of nitro groups is 1. The van der Waals surface area contributed by atoms with Gasteiger partial charge < -0.3 is 20.1 Å². The second-order valence-corrected chi connectivity index (χ2v) is 5.42. The van der Waals surface area contributed by atoms with Gasteiger partial charge in [-0.15, -0.1) is 0 Å². The van der Waals surface area contributed by atoms with E-state index in [1.807, 2.05) is 0 Å². The van der Waals surface area contributed by atoms with Gasteiger partial charge in [0, 0.05) is 23.9 Å². The quantitative estimate of drug-likeness (QED) is 0.568. The van der Waals surface area contributed by atoms with Gasteiger partial charge in [0.15, 0.2) is 11.5 Å². The van der Waals surface area contributed by atoms with Gasteiger partial charge in [-0.1, -0.05) is 13.0 Å². The van der Waals surface area contributed by atoms with Crippen LogP contribution >= 0.6 is 0 Å². The maximum absolute atomic E-state index is 12.6. The number of benzene rings is 2. The standard InChI is InChI=1S/C18H19N3O6/c1-4-17(22)19-11-6-5-7-12(8-11)20-18(23)13-9-15(26-2)16(27-3)10-14(13)21(24)25/h5-10H,4H2,1-3H3,(H,19,22)(H,20,23). The molecule has 0 saturated carbocycles. The fraction of sp³-hybridized carbons (Fsp3) is 0.222. The van der Waals surface area contributed by atoms with Crippen molar-refractivity contribution in [1.29, 1.82) is 0 Å². The molecule has 0 aliphatic rings. The molecule has 142 valence electrons. The van der Waals surface area contributed by atoms with Gasteiger partial charge in [-0.25, -0.2) is 0 Å². The molecule has 2 aromatic carbocycles. The molecular formula is C18H19N3O6. The number of rotatable bonds is 7. The fourth-order valence-electron chi connectivity index (χ4n) is 2.32. The minimum absolute atomic E-state index is 0.144. The van der Waals surface area contributed by atoms with Crippen molar-refractivity contribution in [2.75, 3.05) is 24.9 Å². The second-order valence-electron chi connectivity index (χ2n) is 5.42.